The van der Waals surface area contributed by atoms with E-state index in [0.29, 0.717) is 0 Å². The van der Waals surface area contributed by atoms with Gasteiger partial charge in [0.25, 0.3) is 0 Å². The van der Waals surface area contributed by atoms with Crippen molar-refractivity contribution in [2.24, 2.45) is 0 Å². The number of piperazine rings is 1. The standard InChI is InChI=1S/C24H31N3O.2ClH/c1-17-12-18(2)14-22(13-17)19(3)26-23(28)24(27-10-8-25-9-11-27)15-20-6-4-5-7-21(20)16-24;;/h4-7,12-14,19,25H,8-11,15-16H2,1-3H3,(H,26,28);2*1H/t19-;;/m0../s1. The highest BCUT2D eigenvalue weighted by Crippen LogP contribution is 2.36. The molecule has 30 heavy (non-hydrogen) atoms. The van der Waals surface area contributed by atoms with Crippen LogP contribution in [0.5, 0.6) is 0 Å². The summed E-state index contributed by atoms with van der Waals surface area (Å²) >= 11 is 0. The molecule has 6 heteroatoms. The van der Waals surface area contributed by atoms with Crippen molar-refractivity contribution in [2.75, 3.05) is 26.2 Å². The lowest BCUT2D eigenvalue weighted by atomic mass is 9.90. The van der Waals surface area contributed by atoms with Crippen LogP contribution in [-0.2, 0) is 17.6 Å². The fourth-order valence-corrected chi connectivity index (χ4v) is 4.89. The number of amides is 1. The molecular weight excluding hydrogens is 417 g/mol. The van der Waals surface area contributed by atoms with Crippen molar-refractivity contribution >= 4 is 30.7 Å². The minimum atomic E-state index is -0.473. The van der Waals surface area contributed by atoms with Gasteiger partial charge in [-0.2, -0.15) is 0 Å². The third-order valence-corrected chi connectivity index (χ3v) is 6.32. The van der Waals surface area contributed by atoms with E-state index in [1.807, 2.05) is 0 Å². The maximum Gasteiger partial charge on any atom is 0.241 e. The first kappa shape index (κ1) is 24.7. The Morgan fingerprint density at radius 1 is 1.00 bits per heavy atom. The summed E-state index contributed by atoms with van der Waals surface area (Å²) < 4.78 is 0. The second-order valence-corrected chi connectivity index (χ2v) is 8.51. The number of aryl methyl sites for hydroxylation is 2. The van der Waals surface area contributed by atoms with Crippen LogP contribution in [0.3, 0.4) is 0 Å². The molecule has 4 rings (SSSR count). The summed E-state index contributed by atoms with van der Waals surface area (Å²) in [4.78, 5) is 16.1. The Labute approximate surface area is 192 Å². The Hall–Kier alpha value is -1.59. The van der Waals surface area contributed by atoms with Gasteiger partial charge in [-0.05, 0) is 37.5 Å². The molecule has 164 valence electrons. The molecule has 1 fully saturated rings. The zero-order valence-corrected chi connectivity index (χ0v) is 19.7. The van der Waals surface area contributed by atoms with Crippen LogP contribution in [0.1, 0.15) is 40.8 Å². The van der Waals surface area contributed by atoms with Gasteiger partial charge in [0.2, 0.25) is 5.91 Å². The molecule has 1 amide bonds. The minimum Gasteiger partial charge on any atom is -0.348 e. The Bertz CT molecular complexity index is 835. The van der Waals surface area contributed by atoms with Gasteiger partial charge in [-0.25, -0.2) is 0 Å². The van der Waals surface area contributed by atoms with Gasteiger partial charge < -0.3 is 10.6 Å². The summed E-state index contributed by atoms with van der Waals surface area (Å²) in [6.45, 7) is 10.0. The Balaban J connectivity index is 0.00000160. The quantitative estimate of drug-likeness (QED) is 0.746. The van der Waals surface area contributed by atoms with E-state index in [-0.39, 0.29) is 36.8 Å². The highest BCUT2D eigenvalue weighted by atomic mass is 35.5. The first-order valence-corrected chi connectivity index (χ1v) is 10.4. The Kier molecular flexibility index (Phi) is 8.35. The smallest absolute Gasteiger partial charge is 0.241 e. The first-order valence-electron chi connectivity index (χ1n) is 10.4. The van der Waals surface area contributed by atoms with Crippen molar-refractivity contribution in [2.45, 2.75) is 45.2 Å². The topological polar surface area (TPSA) is 44.4 Å². The lowest BCUT2D eigenvalue weighted by molar-refractivity contribution is -0.134. The number of nitrogens with zero attached hydrogens (tertiary/aromatic N) is 1. The molecule has 2 aromatic carbocycles. The SMILES string of the molecule is Cc1cc(C)cc([C@H](C)NC(=O)C2(N3CCNCC3)Cc3ccccc3C2)c1.Cl.Cl. The molecule has 0 spiro atoms. The molecule has 2 N–H and O–H groups in total. The largest absolute Gasteiger partial charge is 0.348 e. The van der Waals surface area contributed by atoms with E-state index in [0.717, 1.165) is 39.0 Å². The average molecular weight is 450 g/mol. The summed E-state index contributed by atoms with van der Waals surface area (Å²) in [6.07, 6.45) is 1.60. The predicted molar refractivity (Wildman–Crippen MR) is 128 cm³/mol. The van der Waals surface area contributed by atoms with Crippen LogP contribution in [0.2, 0.25) is 0 Å². The molecule has 0 bridgehead atoms. The second-order valence-electron chi connectivity index (χ2n) is 8.51. The number of benzene rings is 2. The number of rotatable bonds is 4. The molecule has 4 nitrogen and oxygen atoms in total. The van der Waals surface area contributed by atoms with E-state index >= 15 is 0 Å². The molecule has 1 saturated heterocycles. The van der Waals surface area contributed by atoms with Crippen LogP contribution in [0, 0.1) is 13.8 Å². The zero-order valence-electron chi connectivity index (χ0n) is 18.0. The summed E-state index contributed by atoms with van der Waals surface area (Å²) in [5, 5.41) is 6.79. The van der Waals surface area contributed by atoms with Gasteiger partial charge in [-0.15, -0.1) is 24.8 Å². The van der Waals surface area contributed by atoms with Crippen molar-refractivity contribution in [3.8, 4) is 0 Å². The maximum atomic E-state index is 13.7. The number of nitrogens with one attached hydrogen (secondary N) is 2. The molecule has 0 radical (unpaired) electrons. The molecule has 2 aliphatic rings. The fourth-order valence-electron chi connectivity index (χ4n) is 4.89. The zero-order chi connectivity index (χ0) is 19.7. The van der Waals surface area contributed by atoms with E-state index in [1.54, 1.807) is 0 Å². The number of hydrogen-bond donors (Lipinski definition) is 2. The minimum absolute atomic E-state index is 0. The van der Waals surface area contributed by atoms with Crippen molar-refractivity contribution in [1.82, 2.24) is 15.5 Å². The van der Waals surface area contributed by atoms with E-state index in [2.05, 4.69) is 78.8 Å². The van der Waals surface area contributed by atoms with Gasteiger partial charge in [0.1, 0.15) is 5.54 Å². The summed E-state index contributed by atoms with van der Waals surface area (Å²) in [6, 6.07) is 15.1. The molecule has 1 heterocycles. The van der Waals surface area contributed by atoms with E-state index in [1.165, 1.54) is 27.8 Å². The molecule has 1 atom stereocenters. The number of fused-ring (bicyclic) bond motifs is 1. The highest BCUT2D eigenvalue weighted by molar-refractivity contribution is 5.88. The molecule has 0 saturated carbocycles. The van der Waals surface area contributed by atoms with Crippen molar-refractivity contribution < 1.29 is 4.79 Å². The monoisotopic (exact) mass is 449 g/mol. The molecule has 2 aromatic rings. The van der Waals surface area contributed by atoms with Crippen LogP contribution in [-0.4, -0.2) is 42.5 Å². The maximum absolute atomic E-state index is 13.7. The first-order chi connectivity index (χ1) is 13.5. The second kappa shape index (κ2) is 10.1. The van der Waals surface area contributed by atoms with E-state index in [4.69, 9.17) is 0 Å². The van der Waals surface area contributed by atoms with Gasteiger partial charge in [0.15, 0.2) is 0 Å². The highest BCUT2D eigenvalue weighted by Gasteiger charge is 2.48. The third-order valence-electron chi connectivity index (χ3n) is 6.32. The van der Waals surface area contributed by atoms with Crippen LogP contribution >= 0.6 is 24.8 Å². The molecule has 0 unspecified atom stereocenters. The summed E-state index contributed by atoms with van der Waals surface area (Å²) in [5.41, 5.74) is 5.81. The average Bonchev–Trinajstić information content (AvgIpc) is 3.09. The third kappa shape index (κ3) is 4.83. The summed E-state index contributed by atoms with van der Waals surface area (Å²) in [7, 11) is 0. The number of carbonyl (C=O) groups excluding carboxylic acids is 1. The van der Waals surface area contributed by atoms with Crippen molar-refractivity contribution in [3.05, 3.63) is 70.3 Å². The van der Waals surface area contributed by atoms with Crippen molar-refractivity contribution in [3.63, 3.8) is 0 Å². The van der Waals surface area contributed by atoms with E-state index in [9.17, 15) is 4.79 Å². The fraction of sp³-hybridized carbons (Fsp3) is 0.458. The predicted octanol–water partition coefficient (Wildman–Crippen LogP) is 3.77. The van der Waals surface area contributed by atoms with Crippen LogP contribution in [0.25, 0.3) is 0 Å². The summed E-state index contributed by atoms with van der Waals surface area (Å²) in [5.74, 6) is 0.164. The Morgan fingerprint density at radius 3 is 2.07 bits per heavy atom. The number of hydrogen-bond acceptors (Lipinski definition) is 3. The number of halogens is 2. The van der Waals surface area contributed by atoms with Gasteiger partial charge in [0.05, 0.1) is 6.04 Å². The normalized spacial score (nSPS) is 18.5. The molecule has 1 aliphatic heterocycles. The van der Waals surface area contributed by atoms with Crippen molar-refractivity contribution in [1.29, 1.82) is 0 Å². The lowest BCUT2D eigenvalue weighted by Crippen LogP contribution is -2.64. The van der Waals surface area contributed by atoms with Crippen LogP contribution in [0.4, 0.5) is 0 Å². The molecule has 1 aliphatic carbocycles. The van der Waals surface area contributed by atoms with E-state index < -0.39 is 5.54 Å². The van der Waals surface area contributed by atoms with Gasteiger partial charge in [0, 0.05) is 39.0 Å². The van der Waals surface area contributed by atoms with Crippen LogP contribution < -0.4 is 10.6 Å². The molecular formula is C24H33Cl2N3O. The van der Waals surface area contributed by atoms with Crippen LogP contribution in [0.15, 0.2) is 42.5 Å². The van der Waals surface area contributed by atoms with Gasteiger partial charge in [-0.3, -0.25) is 9.69 Å². The lowest BCUT2D eigenvalue weighted by Gasteiger charge is -2.43. The molecule has 0 aromatic heterocycles. The number of carbonyl (C=O) groups is 1. The van der Waals surface area contributed by atoms with Gasteiger partial charge >= 0.3 is 0 Å². The van der Waals surface area contributed by atoms with Gasteiger partial charge in [-0.1, -0.05) is 53.6 Å². The Morgan fingerprint density at radius 2 is 1.53 bits per heavy atom.